The zero-order valence-electron chi connectivity index (χ0n) is 13.1. The van der Waals surface area contributed by atoms with Gasteiger partial charge in [-0.2, -0.15) is 0 Å². The molecule has 3 heteroatoms. The van der Waals surface area contributed by atoms with E-state index in [9.17, 15) is 0 Å². The Morgan fingerprint density at radius 2 is 1.80 bits per heavy atom. The van der Waals surface area contributed by atoms with Crippen molar-refractivity contribution >= 4 is 11.3 Å². The van der Waals surface area contributed by atoms with Crippen molar-refractivity contribution in [3.63, 3.8) is 0 Å². The van der Waals surface area contributed by atoms with E-state index < -0.39 is 0 Å². The molecule has 0 saturated heterocycles. The summed E-state index contributed by atoms with van der Waals surface area (Å²) in [5, 5.41) is 1.39. The van der Waals surface area contributed by atoms with E-state index in [-0.39, 0.29) is 6.04 Å². The van der Waals surface area contributed by atoms with Crippen molar-refractivity contribution in [2.24, 2.45) is 17.1 Å². The highest BCUT2D eigenvalue weighted by Gasteiger charge is 2.32. The quantitative estimate of drug-likeness (QED) is 0.807. The second kappa shape index (κ2) is 5.42. The monoisotopic (exact) mass is 292 g/mol. The largest absolute Gasteiger partial charge is 0.323 e. The summed E-state index contributed by atoms with van der Waals surface area (Å²) in [6.45, 7) is 7.16. The van der Waals surface area contributed by atoms with Crippen LogP contribution in [0.4, 0.5) is 0 Å². The van der Waals surface area contributed by atoms with Crippen LogP contribution in [0.5, 0.6) is 0 Å². The number of aryl methyl sites for hydroxylation is 1. The number of fused-ring (bicyclic) bond motifs is 1. The minimum atomic E-state index is 0.203. The van der Waals surface area contributed by atoms with Gasteiger partial charge >= 0.3 is 0 Å². The Morgan fingerprint density at radius 1 is 1.10 bits per heavy atom. The fraction of sp³-hybridized carbons (Fsp3) is 0.824. The number of aromatic nitrogens is 1. The molecule has 20 heavy (non-hydrogen) atoms. The summed E-state index contributed by atoms with van der Waals surface area (Å²) < 4.78 is 0. The minimum Gasteiger partial charge on any atom is -0.323 e. The smallest absolute Gasteiger partial charge is 0.0962 e. The molecule has 1 unspecified atom stereocenters. The Balaban J connectivity index is 1.70. The van der Waals surface area contributed by atoms with Gasteiger partial charge < -0.3 is 5.73 Å². The van der Waals surface area contributed by atoms with Gasteiger partial charge in [0.25, 0.3) is 0 Å². The Bertz CT molecular complexity index is 464. The SMILES string of the molecule is CC(C)(C)C1CCC(c2nc3c(s2)CCCC3N)CC1. The highest BCUT2D eigenvalue weighted by molar-refractivity contribution is 7.11. The average Bonchev–Trinajstić information content (AvgIpc) is 2.83. The van der Waals surface area contributed by atoms with Crippen LogP contribution in [0, 0.1) is 11.3 Å². The highest BCUT2D eigenvalue weighted by Crippen LogP contribution is 2.45. The third kappa shape index (κ3) is 2.80. The fourth-order valence-corrected chi connectivity index (χ4v) is 5.20. The van der Waals surface area contributed by atoms with Crippen molar-refractivity contribution in [3.05, 3.63) is 15.6 Å². The maximum atomic E-state index is 6.21. The Kier molecular flexibility index (Phi) is 3.93. The van der Waals surface area contributed by atoms with E-state index in [1.54, 1.807) is 0 Å². The number of hydrogen-bond acceptors (Lipinski definition) is 3. The van der Waals surface area contributed by atoms with E-state index in [0.717, 1.165) is 12.3 Å². The van der Waals surface area contributed by atoms with Crippen molar-refractivity contribution in [2.75, 3.05) is 0 Å². The van der Waals surface area contributed by atoms with Crippen molar-refractivity contribution in [2.45, 2.75) is 77.7 Å². The van der Waals surface area contributed by atoms with Crippen LogP contribution in [0.1, 0.15) is 86.8 Å². The van der Waals surface area contributed by atoms with Crippen molar-refractivity contribution in [1.29, 1.82) is 0 Å². The number of rotatable bonds is 1. The topological polar surface area (TPSA) is 38.9 Å². The first kappa shape index (κ1) is 14.5. The lowest BCUT2D eigenvalue weighted by molar-refractivity contribution is 0.169. The summed E-state index contributed by atoms with van der Waals surface area (Å²) in [6.07, 6.45) is 8.94. The molecule has 2 aliphatic carbocycles. The fourth-order valence-electron chi connectivity index (χ4n) is 3.85. The maximum absolute atomic E-state index is 6.21. The van der Waals surface area contributed by atoms with Crippen LogP contribution < -0.4 is 5.73 Å². The van der Waals surface area contributed by atoms with Crippen LogP contribution in [-0.4, -0.2) is 4.98 Å². The van der Waals surface area contributed by atoms with Gasteiger partial charge in [0.1, 0.15) is 0 Å². The first-order valence-corrected chi connectivity index (χ1v) is 9.02. The van der Waals surface area contributed by atoms with Gasteiger partial charge in [-0.1, -0.05) is 20.8 Å². The van der Waals surface area contributed by atoms with Crippen LogP contribution in [0.3, 0.4) is 0 Å². The molecular weight excluding hydrogens is 264 g/mol. The molecule has 1 fully saturated rings. The van der Waals surface area contributed by atoms with E-state index in [4.69, 9.17) is 10.7 Å². The van der Waals surface area contributed by atoms with Crippen LogP contribution in [0.25, 0.3) is 0 Å². The standard InChI is InChI=1S/C17H28N2S/c1-17(2,3)12-9-7-11(8-10-12)16-19-15-13(18)5-4-6-14(15)20-16/h11-13H,4-10,18H2,1-3H3. The molecule has 0 spiro atoms. The Morgan fingerprint density at radius 3 is 2.40 bits per heavy atom. The molecule has 1 heterocycles. The van der Waals surface area contributed by atoms with E-state index in [2.05, 4.69) is 20.8 Å². The second-order valence-corrected chi connectivity index (χ2v) is 8.89. The molecule has 112 valence electrons. The van der Waals surface area contributed by atoms with Gasteiger partial charge in [-0.3, -0.25) is 0 Å². The third-order valence-corrected chi connectivity index (χ3v) is 6.61. The predicted octanol–water partition coefficient (Wildman–Crippen LogP) is 4.80. The molecule has 0 radical (unpaired) electrons. The Labute approximate surface area is 127 Å². The second-order valence-electron chi connectivity index (χ2n) is 7.77. The summed E-state index contributed by atoms with van der Waals surface area (Å²) in [5.41, 5.74) is 7.91. The highest BCUT2D eigenvalue weighted by atomic mass is 32.1. The third-order valence-electron chi connectivity index (χ3n) is 5.32. The molecular formula is C17H28N2S. The van der Waals surface area contributed by atoms with E-state index in [1.807, 2.05) is 11.3 Å². The maximum Gasteiger partial charge on any atom is 0.0962 e. The first-order chi connectivity index (χ1) is 9.45. The molecule has 1 aromatic heterocycles. The van der Waals surface area contributed by atoms with Gasteiger partial charge in [-0.15, -0.1) is 11.3 Å². The van der Waals surface area contributed by atoms with Gasteiger partial charge in [0.05, 0.1) is 10.7 Å². The summed E-state index contributed by atoms with van der Waals surface area (Å²) >= 11 is 1.96. The van der Waals surface area contributed by atoms with Crippen LogP contribution in [0.15, 0.2) is 0 Å². The van der Waals surface area contributed by atoms with Crippen molar-refractivity contribution in [1.82, 2.24) is 4.98 Å². The molecule has 0 aliphatic heterocycles. The minimum absolute atomic E-state index is 0.203. The lowest BCUT2D eigenvalue weighted by atomic mass is 9.70. The Hall–Kier alpha value is -0.410. The van der Waals surface area contributed by atoms with Crippen LogP contribution in [-0.2, 0) is 6.42 Å². The van der Waals surface area contributed by atoms with E-state index >= 15 is 0 Å². The first-order valence-electron chi connectivity index (χ1n) is 8.20. The number of hydrogen-bond donors (Lipinski definition) is 1. The molecule has 2 nitrogen and oxygen atoms in total. The molecule has 2 N–H and O–H groups in total. The normalized spacial score (nSPS) is 31.1. The molecule has 1 atom stereocenters. The van der Waals surface area contributed by atoms with Gasteiger partial charge in [-0.25, -0.2) is 4.98 Å². The lowest BCUT2D eigenvalue weighted by Gasteiger charge is -2.36. The van der Waals surface area contributed by atoms with Gasteiger partial charge in [-0.05, 0) is 56.3 Å². The zero-order chi connectivity index (χ0) is 14.3. The molecule has 0 amide bonds. The predicted molar refractivity (Wildman–Crippen MR) is 86.1 cm³/mol. The number of nitrogens with two attached hydrogens (primary N) is 1. The van der Waals surface area contributed by atoms with Gasteiger partial charge in [0.15, 0.2) is 0 Å². The summed E-state index contributed by atoms with van der Waals surface area (Å²) in [7, 11) is 0. The summed E-state index contributed by atoms with van der Waals surface area (Å²) in [5.74, 6) is 1.59. The molecule has 1 saturated carbocycles. The number of nitrogens with zero attached hydrogens (tertiary/aromatic N) is 1. The van der Waals surface area contributed by atoms with Crippen molar-refractivity contribution < 1.29 is 0 Å². The molecule has 1 aromatic rings. The number of thiazole rings is 1. The molecule has 2 aliphatic rings. The molecule has 3 rings (SSSR count). The zero-order valence-corrected chi connectivity index (χ0v) is 13.9. The summed E-state index contributed by atoms with van der Waals surface area (Å²) in [6, 6.07) is 0.203. The summed E-state index contributed by atoms with van der Waals surface area (Å²) in [4.78, 5) is 6.42. The molecule has 0 bridgehead atoms. The van der Waals surface area contributed by atoms with Crippen LogP contribution in [0.2, 0.25) is 0 Å². The van der Waals surface area contributed by atoms with E-state index in [1.165, 1.54) is 54.1 Å². The molecule has 0 aromatic carbocycles. The van der Waals surface area contributed by atoms with Gasteiger partial charge in [0, 0.05) is 16.8 Å². The van der Waals surface area contributed by atoms with E-state index in [0.29, 0.717) is 11.3 Å². The lowest BCUT2D eigenvalue weighted by Crippen LogP contribution is -2.25. The van der Waals surface area contributed by atoms with Crippen molar-refractivity contribution in [3.8, 4) is 0 Å². The van der Waals surface area contributed by atoms with Gasteiger partial charge in [0.2, 0.25) is 0 Å². The average molecular weight is 292 g/mol. The van der Waals surface area contributed by atoms with Crippen LogP contribution >= 0.6 is 11.3 Å².